The van der Waals surface area contributed by atoms with Crippen LogP contribution in [0.3, 0.4) is 0 Å². The van der Waals surface area contributed by atoms with Gasteiger partial charge in [0.25, 0.3) is 0 Å². The highest BCUT2D eigenvalue weighted by molar-refractivity contribution is 5.90. The van der Waals surface area contributed by atoms with E-state index in [1.807, 2.05) is 39.1 Å². The Hall–Kier alpha value is -2.30. The van der Waals surface area contributed by atoms with Crippen LogP contribution in [0.5, 0.6) is 0 Å². The molecule has 1 aromatic carbocycles. The number of nitrogens with zero attached hydrogens (tertiary/aromatic N) is 2. The van der Waals surface area contributed by atoms with Crippen LogP contribution in [-0.4, -0.2) is 40.7 Å². The molecule has 0 unspecified atom stereocenters. The molecular formula is C19H25N3O2. The lowest BCUT2D eigenvalue weighted by Gasteiger charge is -2.34. The Kier molecular flexibility index (Phi) is 4.60. The summed E-state index contributed by atoms with van der Waals surface area (Å²) in [5, 5.41) is 4.72. The number of carbonyl (C=O) groups is 1. The lowest BCUT2D eigenvalue weighted by molar-refractivity contribution is 0.0210. The SMILES string of the molecule is CC(C)(C)OC(=O)N1CCC(Nc2cccc3cccnc23)CC1. The first-order valence-electron chi connectivity index (χ1n) is 8.50. The highest BCUT2D eigenvalue weighted by Crippen LogP contribution is 2.24. The van der Waals surface area contributed by atoms with Crippen molar-refractivity contribution >= 4 is 22.7 Å². The van der Waals surface area contributed by atoms with E-state index in [2.05, 4.69) is 28.5 Å². The highest BCUT2D eigenvalue weighted by atomic mass is 16.6. The number of nitrogens with one attached hydrogen (secondary N) is 1. The van der Waals surface area contributed by atoms with Crippen LogP contribution in [0.1, 0.15) is 33.6 Å². The molecule has 1 amide bonds. The zero-order chi connectivity index (χ0) is 17.2. The third-order valence-corrected chi connectivity index (χ3v) is 4.14. The number of fused-ring (bicyclic) bond motifs is 1. The van der Waals surface area contributed by atoms with Crippen LogP contribution in [0.4, 0.5) is 10.5 Å². The molecule has 1 saturated heterocycles. The number of ether oxygens (including phenoxy) is 1. The number of likely N-dealkylation sites (tertiary alicyclic amines) is 1. The van der Waals surface area contributed by atoms with Gasteiger partial charge < -0.3 is 15.0 Å². The number of carbonyl (C=O) groups excluding carboxylic acids is 1. The maximum atomic E-state index is 12.1. The quantitative estimate of drug-likeness (QED) is 0.904. The predicted molar refractivity (Wildman–Crippen MR) is 96.2 cm³/mol. The van der Waals surface area contributed by atoms with Crippen molar-refractivity contribution in [2.24, 2.45) is 0 Å². The lowest BCUT2D eigenvalue weighted by Crippen LogP contribution is -2.44. The molecule has 1 aromatic heterocycles. The molecule has 5 nitrogen and oxygen atoms in total. The molecule has 24 heavy (non-hydrogen) atoms. The summed E-state index contributed by atoms with van der Waals surface area (Å²) in [5.74, 6) is 0. The summed E-state index contributed by atoms with van der Waals surface area (Å²) in [6, 6.07) is 10.5. The van der Waals surface area contributed by atoms with Crippen LogP contribution in [0, 0.1) is 0 Å². The van der Waals surface area contributed by atoms with Crippen molar-refractivity contribution in [1.29, 1.82) is 0 Å². The topological polar surface area (TPSA) is 54.5 Å². The number of aromatic nitrogens is 1. The molecule has 0 spiro atoms. The van der Waals surface area contributed by atoms with Gasteiger partial charge in [0, 0.05) is 30.7 Å². The molecule has 1 fully saturated rings. The first kappa shape index (κ1) is 16.6. The Morgan fingerprint density at radius 1 is 1.21 bits per heavy atom. The maximum absolute atomic E-state index is 12.1. The molecule has 2 aromatic rings. The monoisotopic (exact) mass is 327 g/mol. The van der Waals surface area contributed by atoms with Gasteiger partial charge in [0.05, 0.1) is 11.2 Å². The first-order valence-corrected chi connectivity index (χ1v) is 8.50. The molecule has 0 saturated carbocycles. The van der Waals surface area contributed by atoms with Gasteiger partial charge in [-0.3, -0.25) is 4.98 Å². The van der Waals surface area contributed by atoms with Crippen LogP contribution >= 0.6 is 0 Å². The van der Waals surface area contributed by atoms with E-state index in [1.165, 1.54) is 0 Å². The van der Waals surface area contributed by atoms with Crippen LogP contribution in [0.25, 0.3) is 10.9 Å². The number of para-hydroxylation sites is 1. The van der Waals surface area contributed by atoms with Gasteiger partial charge in [-0.1, -0.05) is 18.2 Å². The standard InChI is InChI=1S/C19H25N3O2/c1-19(2,3)24-18(23)22-12-9-15(10-13-22)21-16-8-4-6-14-7-5-11-20-17(14)16/h4-8,11,15,21H,9-10,12-13H2,1-3H3. The number of rotatable bonds is 2. The minimum atomic E-state index is -0.444. The van der Waals surface area contributed by atoms with Gasteiger partial charge in [-0.2, -0.15) is 0 Å². The van der Waals surface area contributed by atoms with Gasteiger partial charge in [0.1, 0.15) is 5.60 Å². The number of hydrogen-bond acceptors (Lipinski definition) is 4. The molecule has 1 N–H and O–H groups in total. The Morgan fingerprint density at radius 2 is 1.92 bits per heavy atom. The van der Waals surface area contributed by atoms with E-state index in [-0.39, 0.29) is 6.09 Å². The third kappa shape index (κ3) is 3.96. The smallest absolute Gasteiger partial charge is 0.410 e. The largest absolute Gasteiger partial charge is 0.444 e. The number of amides is 1. The molecule has 0 atom stereocenters. The van der Waals surface area contributed by atoms with E-state index >= 15 is 0 Å². The first-order chi connectivity index (χ1) is 11.4. The van der Waals surface area contributed by atoms with Crippen molar-refractivity contribution in [2.45, 2.75) is 45.3 Å². The van der Waals surface area contributed by atoms with Crippen LogP contribution in [0.2, 0.25) is 0 Å². The number of anilines is 1. The van der Waals surface area contributed by atoms with E-state index in [4.69, 9.17) is 4.74 Å². The second kappa shape index (κ2) is 6.67. The molecule has 0 bridgehead atoms. The molecule has 1 aliphatic rings. The predicted octanol–water partition coefficient (Wildman–Crippen LogP) is 4.05. The van der Waals surface area contributed by atoms with Crippen molar-refractivity contribution in [2.75, 3.05) is 18.4 Å². The van der Waals surface area contributed by atoms with E-state index < -0.39 is 5.60 Å². The second-order valence-corrected chi connectivity index (χ2v) is 7.27. The van der Waals surface area contributed by atoms with Gasteiger partial charge in [-0.05, 0) is 45.7 Å². The average molecular weight is 327 g/mol. The lowest BCUT2D eigenvalue weighted by atomic mass is 10.0. The number of hydrogen-bond donors (Lipinski definition) is 1. The van der Waals surface area contributed by atoms with Crippen LogP contribution in [-0.2, 0) is 4.74 Å². The third-order valence-electron chi connectivity index (χ3n) is 4.14. The zero-order valence-electron chi connectivity index (χ0n) is 14.6. The van der Waals surface area contributed by atoms with Gasteiger partial charge in [0.2, 0.25) is 0 Å². The Bertz CT molecular complexity index is 711. The molecule has 0 aliphatic carbocycles. The fourth-order valence-corrected chi connectivity index (χ4v) is 2.97. The minimum Gasteiger partial charge on any atom is -0.444 e. The van der Waals surface area contributed by atoms with Crippen molar-refractivity contribution in [1.82, 2.24) is 9.88 Å². The van der Waals surface area contributed by atoms with Crippen molar-refractivity contribution in [3.8, 4) is 0 Å². The average Bonchev–Trinajstić information content (AvgIpc) is 2.54. The fraction of sp³-hybridized carbons (Fsp3) is 0.474. The van der Waals surface area contributed by atoms with Crippen molar-refractivity contribution in [3.05, 3.63) is 36.5 Å². The number of pyridine rings is 1. The number of benzene rings is 1. The van der Waals surface area contributed by atoms with E-state index in [0.717, 1.165) is 29.4 Å². The van der Waals surface area contributed by atoms with Gasteiger partial charge in [0.15, 0.2) is 0 Å². The van der Waals surface area contributed by atoms with Gasteiger partial charge >= 0.3 is 6.09 Å². The van der Waals surface area contributed by atoms with Gasteiger partial charge in [-0.25, -0.2) is 4.79 Å². The number of piperidine rings is 1. The minimum absolute atomic E-state index is 0.215. The molecule has 3 rings (SSSR count). The summed E-state index contributed by atoms with van der Waals surface area (Å²) < 4.78 is 5.44. The normalized spacial score (nSPS) is 16.2. The van der Waals surface area contributed by atoms with Crippen molar-refractivity contribution in [3.63, 3.8) is 0 Å². The molecule has 0 radical (unpaired) electrons. The van der Waals surface area contributed by atoms with Gasteiger partial charge in [-0.15, -0.1) is 0 Å². The second-order valence-electron chi connectivity index (χ2n) is 7.27. The van der Waals surface area contributed by atoms with E-state index in [0.29, 0.717) is 19.1 Å². The Morgan fingerprint density at radius 3 is 2.62 bits per heavy atom. The van der Waals surface area contributed by atoms with Crippen LogP contribution in [0.15, 0.2) is 36.5 Å². The van der Waals surface area contributed by atoms with E-state index in [9.17, 15) is 4.79 Å². The molecule has 128 valence electrons. The summed E-state index contributed by atoms with van der Waals surface area (Å²) in [5.41, 5.74) is 1.61. The zero-order valence-corrected chi connectivity index (χ0v) is 14.6. The molecular weight excluding hydrogens is 302 g/mol. The summed E-state index contributed by atoms with van der Waals surface area (Å²) in [6.45, 7) is 7.11. The molecule has 1 aliphatic heterocycles. The summed E-state index contributed by atoms with van der Waals surface area (Å²) in [6.07, 6.45) is 3.41. The maximum Gasteiger partial charge on any atom is 0.410 e. The summed E-state index contributed by atoms with van der Waals surface area (Å²) >= 11 is 0. The Labute approximate surface area is 143 Å². The summed E-state index contributed by atoms with van der Waals surface area (Å²) in [7, 11) is 0. The fourth-order valence-electron chi connectivity index (χ4n) is 2.97. The molecule has 5 heteroatoms. The Balaban J connectivity index is 1.60. The van der Waals surface area contributed by atoms with E-state index in [1.54, 1.807) is 4.90 Å². The highest BCUT2D eigenvalue weighted by Gasteiger charge is 2.26. The van der Waals surface area contributed by atoms with Crippen LogP contribution < -0.4 is 5.32 Å². The summed E-state index contributed by atoms with van der Waals surface area (Å²) in [4.78, 5) is 18.4. The van der Waals surface area contributed by atoms with Crippen molar-refractivity contribution < 1.29 is 9.53 Å². The molecule has 2 heterocycles.